The zero-order valence-corrected chi connectivity index (χ0v) is 21.3. The topological polar surface area (TPSA) is 88.1 Å². The van der Waals surface area contributed by atoms with Gasteiger partial charge in [0.1, 0.15) is 17.2 Å². The highest BCUT2D eigenvalue weighted by atomic mass is 16.5. The summed E-state index contributed by atoms with van der Waals surface area (Å²) in [6.45, 7) is 8.25. The fourth-order valence-electron chi connectivity index (χ4n) is 3.17. The van der Waals surface area contributed by atoms with Gasteiger partial charge in [-0.1, -0.05) is 32.8 Å². The Labute approximate surface area is 213 Å². The van der Waals surface area contributed by atoms with E-state index in [1.54, 1.807) is 55.5 Å². The first-order valence-corrected chi connectivity index (χ1v) is 12.5. The van der Waals surface area contributed by atoms with Crippen LogP contribution < -0.4 is 14.2 Å². The van der Waals surface area contributed by atoms with Gasteiger partial charge in [-0.3, -0.25) is 4.79 Å². The minimum atomic E-state index is -0.483. The first kappa shape index (κ1) is 28.6. The highest BCUT2D eigenvalue weighted by molar-refractivity contribution is 5.91. The molecule has 0 spiro atoms. The van der Waals surface area contributed by atoms with Gasteiger partial charge in [-0.2, -0.15) is 0 Å². The molecule has 0 fully saturated rings. The quantitative estimate of drug-likeness (QED) is 0.114. The Morgan fingerprint density at radius 3 is 1.94 bits per heavy atom. The van der Waals surface area contributed by atoms with Crippen LogP contribution in [0, 0.1) is 0 Å². The van der Waals surface area contributed by atoms with Crippen LogP contribution in [-0.2, 0) is 14.3 Å². The molecule has 7 nitrogen and oxygen atoms in total. The summed E-state index contributed by atoms with van der Waals surface area (Å²) >= 11 is 0. The van der Waals surface area contributed by atoms with Crippen LogP contribution in [0.1, 0.15) is 75.6 Å². The summed E-state index contributed by atoms with van der Waals surface area (Å²) in [7, 11) is 0. The molecule has 0 aromatic heterocycles. The number of esters is 3. The van der Waals surface area contributed by atoms with Crippen LogP contribution in [-0.4, -0.2) is 31.1 Å². The molecule has 0 heterocycles. The highest BCUT2D eigenvalue weighted by Crippen LogP contribution is 2.20. The summed E-state index contributed by atoms with van der Waals surface area (Å²) in [5, 5.41) is 0. The van der Waals surface area contributed by atoms with Crippen molar-refractivity contribution in [3.05, 3.63) is 66.2 Å². The number of unbranched alkanes of at least 4 members (excludes halogenated alkanes) is 5. The van der Waals surface area contributed by atoms with Crippen LogP contribution in [0.5, 0.6) is 17.2 Å². The second-order valence-electron chi connectivity index (χ2n) is 8.50. The predicted molar refractivity (Wildman–Crippen MR) is 137 cm³/mol. The molecule has 2 aromatic carbocycles. The third kappa shape index (κ3) is 11.2. The van der Waals surface area contributed by atoms with Crippen molar-refractivity contribution in [2.45, 2.75) is 65.2 Å². The average molecular weight is 497 g/mol. The highest BCUT2D eigenvalue weighted by Gasteiger charge is 2.10. The number of rotatable bonds is 16. The summed E-state index contributed by atoms with van der Waals surface area (Å²) in [6, 6.07) is 13.2. The Morgan fingerprint density at radius 2 is 1.31 bits per heavy atom. The van der Waals surface area contributed by atoms with Crippen LogP contribution in [0.25, 0.3) is 0 Å². The lowest BCUT2D eigenvalue weighted by Gasteiger charge is -2.08. The Morgan fingerprint density at radius 1 is 0.722 bits per heavy atom. The first-order valence-electron chi connectivity index (χ1n) is 12.5. The smallest absolute Gasteiger partial charge is 0.343 e. The number of hydrogen-bond donors (Lipinski definition) is 0. The van der Waals surface area contributed by atoms with E-state index in [1.165, 1.54) is 12.8 Å². The van der Waals surface area contributed by atoms with Crippen molar-refractivity contribution in [2.75, 3.05) is 13.2 Å². The number of ether oxygens (including phenoxy) is 4. The van der Waals surface area contributed by atoms with Crippen molar-refractivity contribution in [3.63, 3.8) is 0 Å². The zero-order chi connectivity index (χ0) is 26.2. The van der Waals surface area contributed by atoms with E-state index >= 15 is 0 Å². The summed E-state index contributed by atoms with van der Waals surface area (Å²) in [5.74, 6) is 0.200. The normalized spacial score (nSPS) is 10.4. The second kappa shape index (κ2) is 16.1. The van der Waals surface area contributed by atoms with Gasteiger partial charge in [0.15, 0.2) is 0 Å². The van der Waals surface area contributed by atoms with E-state index < -0.39 is 11.9 Å². The van der Waals surface area contributed by atoms with Gasteiger partial charge in [-0.15, -0.1) is 0 Å². The molecule has 0 aliphatic rings. The van der Waals surface area contributed by atoms with Crippen LogP contribution in [0.15, 0.2) is 60.7 Å². The van der Waals surface area contributed by atoms with Gasteiger partial charge >= 0.3 is 17.9 Å². The van der Waals surface area contributed by atoms with E-state index in [4.69, 9.17) is 18.9 Å². The maximum Gasteiger partial charge on any atom is 0.343 e. The third-order valence-electron chi connectivity index (χ3n) is 5.23. The molecular formula is C29H36O7. The average Bonchev–Trinajstić information content (AvgIpc) is 2.87. The zero-order valence-electron chi connectivity index (χ0n) is 21.3. The van der Waals surface area contributed by atoms with E-state index in [1.807, 2.05) is 0 Å². The molecule has 0 N–H and O–H groups in total. The molecule has 2 rings (SSSR count). The van der Waals surface area contributed by atoms with Gasteiger partial charge in [-0.05, 0) is 81.1 Å². The fraction of sp³-hybridized carbons (Fsp3) is 0.414. The van der Waals surface area contributed by atoms with Gasteiger partial charge in [-0.25, -0.2) is 9.59 Å². The molecule has 0 radical (unpaired) electrons. The largest absolute Gasteiger partial charge is 0.494 e. The number of carbonyl (C=O) groups excluding carboxylic acids is 3. The van der Waals surface area contributed by atoms with Gasteiger partial charge < -0.3 is 18.9 Å². The van der Waals surface area contributed by atoms with E-state index in [0.29, 0.717) is 48.7 Å². The Bertz CT molecular complexity index is 978. The van der Waals surface area contributed by atoms with Gasteiger partial charge in [0.2, 0.25) is 0 Å². The SMILES string of the molecule is C=C(C)C(=O)OCCCCCC(=O)Oc1ccc(OC(=O)c2ccc(OCCCCCC)cc2)cc1. The molecule has 0 aliphatic carbocycles. The first-order chi connectivity index (χ1) is 17.4. The van der Waals surface area contributed by atoms with Crippen LogP contribution in [0.4, 0.5) is 0 Å². The number of carbonyl (C=O) groups is 3. The summed E-state index contributed by atoms with van der Waals surface area (Å²) in [5.41, 5.74) is 0.783. The van der Waals surface area contributed by atoms with Gasteiger partial charge in [0.25, 0.3) is 0 Å². The summed E-state index contributed by atoms with van der Waals surface area (Å²) in [6.07, 6.45) is 6.83. The molecule has 194 valence electrons. The van der Waals surface area contributed by atoms with Crippen LogP contribution in [0.3, 0.4) is 0 Å². The van der Waals surface area contributed by atoms with Crippen molar-refractivity contribution in [2.24, 2.45) is 0 Å². The van der Waals surface area contributed by atoms with E-state index in [9.17, 15) is 14.4 Å². The van der Waals surface area contributed by atoms with Gasteiger partial charge in [0.05, 0.1) is 18.8 Å². The molecular weight excluding hydrogens is 460 g/mol. The van der Waals surface area contributed by atoms with Crippen molar-refractivity contribution in [3.8, 4) is 17.2 Å². The Kier molecular flexibility index (Phi) is 12.8. The van der Waals surface area contributed by atoms with Gasteiger partial charge in [0, 0.05) is 12.0 Å². The Balaban J connectivity index is 1.68. The fourth-order valence-corrected chi connectivity index (χ4v) is 3.17. The summed E-state index contributed by atoms with van der Waals surface area (Å²) in [4.78, 5) is 35.7. The molecule has 0 bridgehead atoms. The number of benzene rings is 2. The van der Waals surface area contributed by atoms with Crippen molar-refractivity contribution in [1.82, 2.24) is 0 Å². The monoisotopic (exact) mass is 496 g/mol. The lowest BCUT2D eigenvalue weighted by molar-refractivity contribution is -0.139. The Hall–Kier alpha value is -3.61. The number of hydrogen-bond acceptors (Lipinski definition) is 7. The molecule has 36 heavy (non-hydrogen) atoms. The van der Waals surface area contributed by atoms with Crippen LogP contribution >= 0.6 is 0 Å². The lowest BCUT2D eigenvalue weighted by atomic mass is 10.2. The third-order valence-corrected chi connectivity index (χ3v) is 5.23. The van der Waals surface area contributed by atoms with Crippen molar-refractivity contribution < 1.29 is 33.3 Å². The van der Waals surface area contributed by atoms with E-state index in [-0.39, 0.29) is 12.4 Å². The van der Waals surface area contributed by atoms with E-state index in [0.717, 1.165) is 25.0 Å². The molecule has 7 heteroatoms. The maximum absolute atomic E-state index is 12.4. The minimum Gasteiger partial charge on any atom is -0.494 e. The standard InChI is InChI=1S/C29H36O7/c1-4-5-6-9-20-33-24-14-12-23(13-15-24)29(32)36-26-18-16-25(17-19-26)35-27(30)11-8-7-10-21-34-28(31)22(2)3/h12-19H,2,4-11,20-21H2,1,3H3. The maximum atomic E-state index is 12.4. The second-order valence-corrected chi connectivity index (χ2v) is 8.50. The predicted octanol–water partition coefficient (Wildman–Crippen LogP) is 6.45. The summed E-state index contributed by atoms with van der Waals surface area (Å²) < 4.78 is 21.4. The molecule has 0 saturated heterocycles. The van der Waals surface area contributed by atoms with Crippen molar-refractivity contribution >= 4 is 17.9 Å². The molecule has 0 atom stereocenters. The van der Waals surface area contributed by atoms with Crippen molar-refractivity contribution in [1.29, 1.82) is 0 Å². The molecule has 0 aliphatic heterocycles. The minimum absolute atomic E-state index is 0.254. The molecule has 2 aromatic rings. The lowest BCUT2D eigenvalue weighted by Crippen LogP contribution is -2.09. The molecule has 0 saturated carbocycles. The molecule has 0 amide bonds. The molecule has 0 unspecified atom stereocenters. The van der Waals surface area contributed by atoms with Crippen LogP contribution in [0.2, 0.25) is 0 Å². The van der Waals surface area contributed by atoms with E-state index in [2.05, 4.69) is 13.5 Å².